The highest BCUT2D eigenvalue weighted by Gasteiger charge is 2.26. The summed E-state index contributed by atoms with van der Waals surface area (Å²) in [4.78, 5) is 14.5. The molecule has 0 saturated carbocycles. The van der Waals surface area contributed by atoms with Gasteiger partial charge in [0.2, 0.25) is 6.54 Å². The fraction of sp³-hybridized carbons (Fsp3) is 0.130. The number of ether oxygens (including phenoxy) is 1. The van der Waals surface area contributed by atoms with Crippen molar-refractivity contribution >= 4 is 38.4 Å². The highest BCUT2D eigenvalue weighted by Crippen LogP contribution is 2.37. The van der Waals surface area contributed by atoms with Crippen LogP contribution in [0, 0.1) is 10.1 Å². The molecule has 5 nitrogen and oxygen atoms in total. The SMILES string of the molecule is O=[N+]([O-])C[C@@H](c1cc(Br)ccc1OCc1ccc(Cl)cc1)c1c[nH]c2ccccc12. The number of benzene rings is 3. The van der Waals surface area contributed by atoms with Gasteiger partial charge in [0.1, 0.15) is 12.4 Å². The van der Waals surface area contributed by atoms with Gasteiger partial charge in [-0.25, -0.2) is 0 Å². The number of rotatable bonds is 7. The second kappa shape index (κ2) is 8.90. The molecule has 1 atom stereocenters. The van der Waals surface area contributed by atoms with Crippen molar-refractivity contribution in [3.05, 3.63) is 109 Å². The molecule has 0 aliphatic carbocycles. The number of aromatic nitrogens is 1. The second-order valence-corrected chi connectivity index (χ2v) is 8.31. The van der Waals surface area contributed by atoms with Crippen LogP contribution in [0.15, 0.2) is 77.4 Å². The van der Waals surface area contributed by atoms with E-state index in [4.69, 9.17) is 16.3 Å². The van der Waals surface area contributed by atoms with E-state index < -0.39 is 5.92 Å². The first-order chi connectivity index (χ1) is 14.5. The highest BCUT2D eigenvalue weighted by molar-refractivity contribution is 9.10. The van der Waals surface area contributed by atoms with E-state index in [1.54, 1.807) is 0 Å². The first kappa shape index (κ1) is 20.4. The molecule has 0 radical (unpaired) electrons. The molecule has 0 bridgehead atoms. The summed E-state index contributed by atoms with van der Waals surface area (Å²) in [5, 5.41) is 13.2. The predicted octanol–water partition coefficient (Wildman–Crippen LogP) is 6.57. The van der Waals surface area contributed by atoms with Gasteiger partial charge in [-0.2, -0.15) is 0 Å². The molecule has 3 aromatic carbocycles. The summed E-state index contributed by atoms with van der Waals surface area (Å²) < 4.78 is 6.93. The molecule has 0 fully saturated rings. The Morgan fingerprint density at radius 3 is 2.60 bits per heavy atom. The number of halogens is 2. The molecular formula is C23H18BrClN2O3. The summed E-state index contributed by atoms with van der Waals surface area (Å²) in [6.07, 6.45) is 1.85. The molecule has 0 aliphatic heterocycles. The lowest BCUT2D eigenvalue weighted by molar-refractivity contribution is -0.481. The average Bonchev–Trinajstić information content (AvgIpc) is 3.16. The van der Waals surface area contributed by atoms with Gasteiger partial charge in [-0.05, 0) is 47.5 Å². The number of nitrogens with zero attached hydrogens (tertiary/aromatic N) is 1. The van der Waals surface area contributed by atoms with Gasteiger partial charge in [0.25, 0.3) is 0 Å². The van der Waals surface area contributed by atoms with Gasteiger partial charge < -0.3 is 9.72 Å². The highest BCUT2D eigenvalue weighted by atomic mass is 79.9. The van der Waals surface area contributed by atoms with Crippen LogP contribution in [-0.2, 0) is 6.61 Å². The van der Waals surface area contributed by atoms with Crippen LogP contribution >= 0.6 is 27.5 Å². The maximum Gasteiger partial charge on any atom is 0.214 e. The van der Waals surface area contributed by atoms with Gasteiger partial charge in [0.15, 0.2) is 0 Å². The Morgan fingerprint density at radius 1 is 1.07 bits per heavy atom. The van der Waals surface area contributed by atoms with Crippen LogP contribution < -0.4 is 4.74 Å². The van der Waals surface area contributed by atoms with Crippen LogP contribution in [0.25, 0.3) is 10.9 Å². The van der Waals surface area contributed by atoms with Gasteiger partial charge in [-0.3, -0.25) is 10.1 Å². The lowest BCUT2D eigenvalue weighted by Gasteiger charge is -2.18. The van der Waals surface area contributed by atoms with Crippen LogP contribution in [0.5, 0.6) is 5.75 Å². The number of H-pyrrole nitrogens is 1. The van der Waals surface area contributed by atoms with Crippen molar-refractivity contribution < 1.29 is 9.66 Å². The van der Waals surface area contributed by atoms with E-state index >= 15 is 0 Å². The van der Waals surface area contributed by atoms with E-state index in [1.165, 1.54) is 0 Å². The van der Waals surface area contributed by atoms with Crippen molar-refractivity contribution in [1.29, 1.82) is 0 Å². The number of nitro groups is 1. The van der Waals surface area contributed by atoms with E-state index in [0.29, 0.717) is 17.4 Å². The summed E-state index contributed by atoms with van der Waals surface area (Å²) in [6, 6.07) is 20.8. The van der Waals surface area contributed by atoms with Gasteiger partial charge in [0.05, 0.1) is 5.92 Å². The van der Waals surface area contributed by atoms with Crippen LogP contribution in [0.2, 0.25) is 5.02 Å². The standard InChI is InChI=1S/C23H18BrClN2O3/c24-16-7-10-23(30-14-15-5-8-17(25)9-6-15)19(11-16)21(13-27(28)29)20-12-26-22-4-2-1-3-18(20)22/h1-12,21,26H,13-14H2/t21-/m0/s1. The van der Waals surface area contributed by atoms with Crippen LogP contribution in [0.3, 0.4) is 0 Å². The topological polar surface area (TPSA) is 68.2 Å². The monoisotopic (exact) mass is 484 g/mol. The van der Waals surface area contributed by atoms with Crippen molar-refractivity contribution in [3.8, 4) is 5.75 Å². The smallest absolute Gasteiger partial charge is 0.214 e. The number of aromatic amines is 1. The van der Waals surface area contributed by atoms with E-state index in [0.717, 1.165) is 32.1 Å². The molecule has 0 saturated heterocycles. The molecule has 1 aromatic heterocycles. The first-order valence-electron chi connectivity index (χ1n) is 9.36. The van der Waals surface area contributed by atoms with Gasteiger partial charge in [-0.15, -0.1) is 0 Å². The molecule has 1 N–H and O–H groups in total. The average molecular weight is 486 g/mol. The van der Waals surface area contributed by atoms with Crippen molar-refractivity contribution in [2.24, 2.45) is 0 Å². The zero-order valence-corrected chi connectivity index (χ0v) is 18.2. The third-order valence-electron chi connectivity index (χ3n) is 4.98. The lowest BCUT2D eigenvalue weighted by atomic mass is 9.90. The minimum absolute atomic E-state index is 0.240. The molecule has 0 spiro atoms. The number of fused-ring (bicyclic) bond motifs is 1. The van der Waals surface area contributed by atoms with Crippen LogP contribution in [-0.4, -0.2) is 16.5 Å². The van der Waals surface area contributed by atoms with Crippen molar-refractivity contribution in [3.63, 3.8) is 0 Å². The maximum absolute atomic E-state index is 11.6. The summed E-state index contributed by atoms with van der Waals surface area (Å²) in [5.41, 5.74) is 3.54. The van der Waals surface area contributed by atoms with Crippen molar-refractivity contribution in [1.82, 2.24) is 4.98 Å². The van der Waals surface area contributed by atoms with Crippen LogP contribution in [0.4, 0.5) is 0 Å². The summed E-state index contributed by atoms with van der Waals surface area (Å²) in [6.45, 7) is 0.0977. The molecule has 0 unspecified atom stereocenters. The zero-order chi connectivity index (χ0) is 21.1. The molecule has 0 amide bonds. The number of nitrogens with one attached hydrogen (secondary N) is 1. The van der Waals surface area contributed by atoms with Gasteiger partial charge in [-0.1, -0.05) is 57.9 Å². The quantitative estimate of drug-likeness (QED) is 0.238. The second-order valence-electron chi connectivity index (χ2n) is 6.95. The Balaban J connectivity index is 1.73. The van der Waals surface area contributed by atoms with Crippen molar-refractivity contribution in [2.75, 3.05) is 6.54 Å². The Labute approximate surface area is 186 Å². The Hall–Kier alpha value is -2.83. The van der Waals surface area contributed by atoms with Gasteiger partial charge in [0, 0.05) is 37.1 Å². The van der Waals surface area contributed by atoms with E-state index in [1.807, 2.05) is 72.9 Å². The molecule has 0 aliphatic rings. The Bertz CT molecular complexity index is 1190. The van der Waals surface area contributed by atoms with Crippen molar-refractivity contribution in [2.45, 2.75) is 12.5 Å². The fourth-order valence-corrected chi connectivity index (χ4v) is 4.07. The Morgan fingerprint density at radius 2 is 1.83 bits per heavy atom. The van der Waals surface area contributed by atoms with E-state index in [2.05, 4.69) is 20.9 Å². The first-order valence-corrected chi connectivity index (χ1v) is 10.5. The Kier molecular flexibility index (Phi) is 6.06. The van der Waals surface area contributed by atoms with Gasteiger partial charge >= 0.3 is 0 Å². The maximum atomic E-state index is 11.6. The zero-order valence-electron chi connectivity index (χ0n) is 15.8. The minimum Gasteiger partial charge on any atom is -0.489 e. The summed E-state index contributed by atoms with van der Waals surface area (Å²) >= 11 is 9.45. The molecule has 7 heteroatoms. The van der Waals surface area contributed by atoms with E-state index in [9.17, 15) is 10.1 Å². The predicted molar refractivity (Wildman–Crippen MR) is 122 cm³/mol. The molecular weight excluding hydrogens is 468 g/mol. The van der Waals surface area contributed by atoms with E-state index in [-0.39, 0.29) is 11.5 Å². The summed E-state index contributed by atoms with van der Waals surface area (Å²) in [7, 11) is 0. The summed E-state index contributed by atoms with van der Waals surface area (Å²) in [5.74, 6) is 0.152. The molecule has 30 heavy (non-hydrogen) atoms. The fourth-order valence-electron chi connectivity index (χ4n) is 3.56. The number of hydrogen-bond acceptors (Lipinski definition) is 3. The van der Waals surface area contributed by atoms with Crippen LogP contribution in [0.1, 0.15) is 22.6 Å². The third-order valence-corrected chi connectivity index (χ3v) is 5.73. The minimum atomic E-state index is -0.464. The lowest BCUT2D eigenvalue weighted by Crippen LogP contribution is -2.15. The molecule has 4 rings (SSSR count). The normalized spacial score (nSPS) is 12.1. The molecule has 152 valence electrons. The molecule has 4 aromatic rings. The molecule has 1 heterocycles. The number of para-hydroxylation sites is 1. The third kappa shape index (κ3) is 4.50. The number of hydrogen-bond donors (Lipinski definition) is 1. The largest absolute Gasteiger partial charge is 0.489 e.